The number of hydrogen-bond acceptors (Lipinski definition) is 5. The summed E-state index contributed by atoms with van der Waals surface area (Å²) in [6.45, 7) is 3.65. The summed E-state index contributed by atoms with van der Waals surface area (Å²) in [5, 5.41) is 0. The minimum Gasteiger partial charge on any atom is -0.452 e. The first-order valence-electron chi connectivity index (χ1n) is 4.89. The Balaban J connectivity index is 4.75. The average molecular weight is 283 g/mol. The van der Waals surface area contributed by atoms with Gasteiger partial charge in [-0.05, 0) is 0 Å². The number of carbonyl (C=O) groups excluding carboxylic acids is 1. The number of nitrogens with one attached hydrogen (secondary N) is 1. The molecule has 1 amide bonds. The van der Waals surface area contributed by atoms with Gasteiger partial charge in [0.1, 0.15) is 0 Å². The second-order valence-corrected chi connectivity index (χ2v) is 5.49. The molecule has 0 saturated heterocycles. The van der Waals surface area contributed by atoms with Gasteiger partial charge in [0.15, 0.2) is 0 Å². The van der Waals surface area contributed by atoms with Crippen molar-refractivity contribution in [3.63, 3.8) is 0 Å². The van der Waals surface area contributed by atoms with E-state index < -0.39 is 16.3 Å². The first-order chi connectivity index (χ1) is 7.74. The number of nitrogens with two attached hydrogens (primary N) is 1. The van der Waals surface area contributed by atoms with Gasteiger partial charge in [-0.1, -0.05) is 26.1 Å². The van der Waals surface area contributed by atoms with Crippen LogP contribution in [0, 0.1) is 5.92 Å². The second-order valence-electron chi connectivity index (χ2n) is 3.35. The summed E-state index contributed by atoms with van der Waals surface area (Å²) < 4.78 is 30.5. The monoisotopic (exact) mass is 283 g/mol. The fourth-order valence-electron chi connectivity index (χ4n) is 1.00. The third-order valence-electron chi connectivity index (χ3n) is 2.05. The minimum atomic E-state index is -3.92. The molecule has 1 unspecified atom stereocenters. The van der Waals surface area contributed by atoms with Crippen LogP contribution in [0.2, 0.25) is 0 Å². The number of thiocarbonyl (C=S) groups is 1. The van der Waals surface area contributed by atoms with Crippen LogP contribution < -0.4 is 10.5 Å². The van der Waals surface area contributed by atoms with Crippen LogP contribution in [0.1, 0.15) is 13.8 Å². The first-order valence-corrected chi connectivity index (χ1v) is 6.74. The Labute approximate surface area is 106 Å². The van der Waals surface area contributed by atoms with E-state index in [0.717, 1.165) is 11.4 Å². The van der Waals surface area contributed by atoms with Gasteiger partial charge in [-0.3, -0.25) is 0 Å². The van der Waals surface area contributed by atoms with Gasteiger partial charge < -0.3 is 10.5 Å². The van der Waals surface area contributed by atoms with Gasteiger partial charge in [-0.2, -0.15) is 12.7 Å². The molecule has 0 aliphatic heterocycles. The Hall–Kier alpha value is -0.930. The molecule has 0 aliphatic rings. The molecular formula is C8H17N3O4S2. The van der Waals surface area contributed by atoms with Gasteiger partial charge in [0.25, 0.3) is 0 Å². The molecule has 7 nitrogen and oxygen atoms in total. The number of amides is 1. The van der Waals surface area contributed by atoms with Crippen LogP contribution in [0.3, 0.4) is 0 Å². The standard InChI is InChI=1S/C8H17N3O4S2/c1-4-11(5-6(2)7(9)16)17(13,14)10-8(12)15-3/h6H,4-5H2,1-3H3,(H2,9,16)(H,10,12). The third-order valence-corrected chi connectivity index (χ3v) is 3.97. The Morgan fingerprint density at radius 3 is 2.47 bits per heavy atom. The van der Waals surface area contributed by atoms with Crippen LogP contribution in [0.15, 0.2) is 0 Å². The van der Waals surface area contributed by atoms with E-state index in [9.17, 15) is 13.2 Å². The lowest BCUT2D eigenvalue weighted by atomic mass is 10.2. The molecule has 100 valence electrons. The quantitative estimate of drug-likeness (QED) is 0.656. The molecule has 0 aromatic rings. The summed E-state index contributed by atoms with van der Waals surface area (Å²) in [6.07, 6.45) is -1.04. The molecule has 0 bridgehead atoms. The van der Waals surface area contributed by atoms with E-state index in [1.807, 2.05) is 0 Å². The second kappa shape index (κ2) is 6.72. The molecule has 17 heavy (non-hydrogen) atoms. The van der Waals surface area contributed by atoms with Gasteiger partial charge >= 0.3 is 16.3 Å². The van der Waals surface area contributed by atoms with Gasteiger partial charge in [0.05, 0.1) is 12.1 Å². The van der Waals surface area contributed by atoms with Crippen molar-refractivity contribution >= 4 is 33.5 Å². The van der Waals surface area contributed by atoms with Crippen LogP contribution in [0.25, 0.3) is 0 Å². The summed E-state index contributed by atoms with van der Waals surface area (Å²) in [4.78, 5) is 11.1. The summed E-state index contributed by atoms with van der Waals surface area (Å²) in [5.41, 5.74) is 5.41. The zero-order valence-electron chi connectivity index (χ0n) is 9.97. The summed E-state index contributed by atoms with van der Waals surface area (Å²) in [6, 6.07) is 0. The normalized spacial score (nSPS) is 13.2. The number of methoxy groups -OCH3 is 1. The average Bonchev–Trinajstić information content (AvgIpc) is 2.23. The number of nitrogens with zero attached hydrogens (tertiary/aromatic N) is 1. The summed E-state index contributed by atoms with van der Waals surface area (Å²) in [5.74, 6) is -0.279. The van der Waals surface area contributed by atoms with Gasteiger partial charge in [-0.15, -0.1) is 0 Å². The highest BCUT2D eigenvalue weighted by Gasteiger charge is 2.25. The van der Waals surface area contributed by atoms with Crippen LogP contribution in [0.4, 0.5) is 4.79 Å². The van der Waals surface area contributed by atoms with Crippen LogP contribution in [-0.4, -0.2) is 44.0 Å². The molecule has 0 aromatic carbocycles. The lowest BCUT2D eigenvalue weighted by molar-refractivity contribution is 0.177. The zero-order valence-corrected chi connectivity index (χ0v) is 11.6. The molecule has 3 N–H and O–H groups in total. The maximum Gasteiger partial charge on any atom is 0.421 e. The van der Waals surface area contributed by atoms with Crippen LogP contribution in [0.5, 0.6) is 0 Å². The molecule has 0 rings (SSSR count). The van der Waals surface area contributed by atoms with Crippen molar-refractivity contribution in [2.75, 3.05) is 20.2 Å². The SMILES string of the molecule is CCN(CC(C)C(N)=S)S(=O)(=O)NC(=O)OC. The highest BCUT2D eigenvalue weighted by Crippen LogP contribution is 2.05. The van der Waals surface area contributed by atoms with Crippen molar-refractivity contribution in [3.8, 4) is 0 Å². The molecule has 0 aliphatic carbocycles. The molecular weight excluding hydrogens is 266 g/mol. The van der Waals surface area contributed by atoms with Crippen LogP contribution >= 0.6 is 12.2 Å². The molecule has 0 aromatic heterocycles. The van der Waals surface area contributed by atoms with E-state index in [2.05, 4.69) is 4.74 Å². The highest BCUT2D eigenvalue weighted by atomic mass is 32.2. The Morgan fingerprint density at radius 1 is 1.59 bits per heavy atom. The zero-order chi connectivity index (χ0) is 13.6. The van der Waals surface area contributed by atoms with Crippen molar-refractivity contribution in [1.29, 1.82) is 0 Å². The molecule has 0 spiro atoms. The fraction of sp³-hybridized carbons (Fsp3) is 0.750. The number of rotatable bonds is 6. The predicted octanol–water partition coefficient (Wildman–Crippen LogP) is -0.169. The number of hydrogen-bond donors (Lipinski definition) is 2. The maximum atomic E-state index is 11.7. The first kappa shape index (κ1) is 16.1. The Kier molecular flexibility index (Phi) is 6.35. The predicted molar refractivity (Wildman–Crippen MR) is 67.7 cm³/mol. The number of carbonyl (C=O) groups is 1. The molecule has 0 heterocycles. The van der Waals surface area contributed by atoms with Crippen molar-refractivity contribution in [2.24, 2.45) is 11.7 Å². The smallest absolute Gasteiger partial charge is 0.421 e. The third kappa shape index (κ3) is 5.29. The fourth-order valence-corrected chi connectivity index (χ4v) is 2.26. The lowest BCUT2D eigenvalue weighted by Crippen LogP contribution is -2.46. The van der Waals surface area contributed by atoms with Crippen molar-refractivity contribution in [1.82, 2.24) is 9.03 Å². The van der Waals surface area contributed by atoms with E-state index in [-0.39, 0.29) is 24.0 Å². The van der Waals surface area contributed by atoms with E-state index >= 15 is 0 Å². The van der Waals surface area contributed by atoms with Crippen LogP contribution in [-0.2, 0) is 14.9 Å². The Bertz CT molecular complexity index is 382. The Morgan fingerprint density at radius 2 is 2.12 bits per heavy atom. The van der Waals surface area contributed by atoms with E-state index in [0.29, 0.717) is 0 Å². The molecule has 9 heteroatoms. The van der Waals surface area contributed by atoms with Crippen molar-refractivity contribution in [2.45, 2.75) is 13.8 Å². The largest absolute Gasteiger partial charge is 0.452 e. The summed E-state index contributed by atoms with van der Waals surface area (Å²) >= 11 is 4.76. The van der Waals surface area contributed by atoms with E-state index in [1.165, 1.54) is 0 Å². The number of ether oxygens (including phenoxy) is 1. The van der Waals surface area contributed by atoms with E-state index in [4.69, 9.17) is 18.0 Å². The van der Waals surface area contributed by atoms with E-state index in [1.54, 1.807) is 18.6 Å². The minimum absolute atomic E-state index is 0.109. The van der Waals surface area contributed by atoms with Crippen molar-refractivity contribution in [3.05, 3.63) is 0 Å². The molecule has 0 radical (unpaired) electrons. The summed E-state index contributed by atoms with van der Waals surface area (Å²) in [7, 11) is -2.84. The van der Waals surface area contributed by atoms with Gasteiger partial charge in [0.2, 0.25) is 0 Å². The van der Waals surface area contributed by atoms with Gasteiger partial charge in [0, 0.05) is 19.0 Å². The lowest BCUT2D eigenvalue weighted by Gasteiger charge is -2.23. The topological polar surface area (TPSA) is 102 Å². The van der Waals surface area contributed by atoms with Crippen molar-refractivity contribution < 1.29 is 17.9 Å². The molecule has 0 saturated carbocycles. The van der Waals surface area contributed by atoms with Gasteiger partial charge in [-0.25, -0.2) is 9.52 Å². The maximum absolute atomic E-state index is 11.7. The molecule has 0 fully saturated rings. The molecule has 1 atom stereocenters. The highest BCUT2D eigenvalue weighted by molar-refractivity contribution is 7.87.